The van der Waals surface area contributed by atoms with Gasteiger partial charge >= 0.3 is 6.01 Å². The molecule has 1 aromatic heterocycles. The van der Waals surface area contributed by atoms with Crippen LogP contribution < -0.4 is 4.74 Å². The monoisotopic (exact) mass is 233 g/mol. The lowest BCUT2D eigenvalue weighted by Gasteiger charge is -1.98. The zero-order valence-corrected chi connectivity index (χ0v) is 9.25. The van der Waals surface area contributed by atoms with Crippen molar-refractivity contribution < 1.29 is 4.74 Å². The minimum absolute atomic E-state index is 0.0120. The van der Waals surface area contributed by atoms with Crippen molar-refractivity contribution in [2.24, 2.45) is 5.92 Å². The molecule has 0 fully saturated rings. The molecule has 0 saturated heterocycles. The summed E-state index contributed by atoms with van der Waals surface area (Å²) < 4.78 is 5.07. The van der Waals surface area contributed by atoms with Gasteiger partial charge in [-0.2, -0.15) is 15.0 Å². The second kappa shape index (κ2) is 5.12. The Morgan fingerprint density at radius 1 is 1.14 bits per heavy atom. The minimum Gasteiger partial charge on any atom is -0.432 e. The molecule has 1 rings (SSSR count). The highest BCUT2D eigenvalue weighted by molar-refractivity contribution is 6.31. The molecule has 1 aromatic rings. The average Bonchev–Trinajstić information content (AvgIpc) is 2.01. The van der Waals surface area contributed by atoms with Gasteiger partial charge in [-0.25, -0.2) is 0 Å². The maximum absolute atomic E-state index is 5.54. The van der Waals surface area contributed by atoms with Crippen LogP contribution in [0.3, 0.4) is 0 Å². The fourth-order valence-electron chi connectivity index (χ4n) is 0.619. The Morgan fingerprint density at radius 3 is 2.21 bits per heavy atom. The molecule has 0 spiro atoms. The number of ether oxygens (including phenoxy) is 1. The molecule has 1 heterocycles. The molecule has 76 valence electrons. The number of nitrogens with zero attached hydrogens (tertiary/aromatic N) is 3. The molecule has 6 heteroatoms. The Bertz CT molecular complexity index is 321. The molecule has 0 aliphatic carbocycles. The summed E-state index contributed by atoms with van der Waals surface area (Å²) in [7, 11) is 0. The van der Waals surface area contributed by atoms with Gasteiger partial charge in [0.05, 0.1) is 6.26 Å². The van der Waals surface area contributed by atoms with Crippen LogP contribution in [0.5, 0.6) is 6.01 Å². The van der Waals surface area contributed by atoms with E-state index in [0.29, 0.717) is 5.92 Å². The number of allylic oxidation sites excluding steroid dienone is 1. The highest BCUT2D eigenvalue weighted by atomic mass is 35.5. The molecule has 0 unspecified atom stereocenters. The van der Waals surface area contributed by atoms with Gasteiger partial charge in [0, 0.05) is 0 Å². The van der Waals surface area contributed by atoms with Crippen molar-refractivity contribution in [1.29, 1.82) is 0 Å². The average molecular weight is 234 g/mol. The van der Waals surface area contributed by atoms with E-state index >= 15 is 0 Å². The smallest absolute Gasteiger partial charge is 0.327 e. The number of hydrogen-bond acceptors (Lipinski definition) is 4. The van der Waals surface area contributed by atoms with Crippen molar-refractivity contribution in [3.8, 4) is 6.01 Å². The molecular formula is C8H9Cl2N3O. The number of hydrogen-bond donors (Lipinski definition) is 0. The number of aromatic nitrogens is 3. The zero-order valence-electron chi connectivity index (χ0n) is 7.74. The summed E-state index contributed by atoms with van der Waals surface area (Å²) in [5.41, 5.74) is 0. The Balaban J connectivity index is 2.67. The number of rotatable bonds is 3. The first-order valence-electron chi connectivity index (χ1n) is 3.98. The van der Waals surface area contributed by atoms with Crippen molar-refractivity contribution in [3.05, 3.63) is 22.9 Å². The summed E-state index contributed by atoms with van der Waals surface area (Å²) in [6.07, 6.45) is 3.35. The number of halogens is 2. The molecule has 0 bridgehead atoms. The Labute approximate surface area is 91.9 Å². The van der Waals surface area contributed by atoms with E-state index in [1.807, 2.05) is 19.9 Å². The van der Waals surface area contributed by atoms with E-state index in [1.54, 1.807) is 0 Å². The summed E-state index contributed by atoms with van der Waals surface area (Å²) in [5, 5.41) is 0.0240. The van der Waals surface area contributed by atoms with Gasteiger partial charge in [-0.05, 0) is 35.2 Å². The second-order valence-corrected chi connectivity index (χ2v) is 3.52. The predicted molar refractivity (Wildman–Crippen MR) is 54.5 cm³/mol. The van der Waals surface area contributed by atoms with Crippen LogP contribution in [0.1, 0.15) is 13.8 Å². The lowest BCUT2D eigenvalue weighted by molar-refractivity contribution is 0.433. The summed E-state index contributed by atoms with van der Waals surface area (Å²) in [4.78, 5) is 11.0. The van der Waals surface area contributed by atoms with Crippen LogP contribution in [0.2, 0.25) is 10.6 Å². The van der Waals surface area contributed by atoms with Gasteiger partial charge in [0.25, 0.3) is 0 Å². The summed E-state index contributed by atoms with van der Waals surface area (Å²) >= 11 is 11.1. The fourth-order valence-corrected chi connectivity index (χ4v) is 0.967. The van der Waals surface area contributed by atoms with E-state index in [4.69, 9.17) is 27.9 Å². The highest BCUT2D eigenvalue weighted by Gasteiger charge is 2.02. The lowest BCUT2D eigenvalue weighted by Crippen LogP contribution is -1.95. The predicted octanol–water partition coefficient (Wildman–Crippen LogP) is 2.73. The third-order valence-corrected chi connectivity index (χ3v) is 1.54. The van der Waals surface area contributed by atoms with Crippen LogP contribution in [0.25, 0.3) is 0 Å². The first-order valence-corrected chi connectivity index (χ1v) is 4.74. The van der Waals surface area contributed by atoms with Crippen LogP contribution in [-0.4, -0.2) is 15.0 Å². The third kappa shape index (κ3) is 3.89. The van der Waals surface area contributed by atoms with E-state index in [0.717, 1.165) is 0 Å². The molecule has 0 radical (unpaired) electrons. The summed E-state index contributed by atoms with van der Waals surface area (Å²) in [5.74, 6) is 0.391. The summed E-state index contributed by atoms with van der Waals surface area (Å²) in [6, 6.07) is 0.0897. The van der Waals surface area contributed by atoms with Gasteiger partial charge in [0.1, 0.15) is 0 Å². The SMILES string of the molecule is CC(C)C=COc1nc(Cl)nc(Cl)n1. The maximum atomic E-state index is 5.54. The molecule has 14 heavy (non-hydrogen) atoms. The molecule has 0 atom stereocenters. The minimum atomic E-state index is 0.0120. The lowest BCUT2D eigenvalue weighted by atomic mass is 10.2. The molecule has 0 aromatic carbocycles. The van der Waals surface area contributed by atoms with Crippen LogP contribution >= 0.6 is 23.2 Å². The molecular weight excluding hydrogens is 225 g/mol. The standard InChI is InChI=1S/C8H9Cl2N3O/c1-5(2)3-4-14-8-12-6(9)11-7(10)13-8/h3-5H,1-2H3. The van der Waals surface area contributed by atoms with Crippen molar-refractivity contribution in [2.75, 3.05) is 0 Å². The Hall–Kier alpha value is -0.870. The van der Waals surface area contributed by atoms with Gasteiger partial charge < -0.3 is 4.74 Å². The van der Waals surface area contributed by atoms with Crippen molar-refractivity contribution >= 4 is 23.2 Å². The van der Waals surface area contributed by atoms with Crippen LogP contribution in [0.15, 0.2) is 12.3 Å². The third-order valence-electron chi connectivity index (χ3n) is 1.20. The Morgan fingerprint density at radius 2 is 1.71 bits per heavy atom. The van der Waals surface area contributed by atoms with E-state index in [2.05, 4.69) is 15.0 Å². The van der Waals surface area contributed by atoms with Crippen molar-refractivity contribution in [3.63, 3.8) is 0 Å². The van der Waals surface area contributed by atoms with Crippen molar-refractivity contribution in [1.82, 2.24) is 15.0 Å². The van der Waals surface area contributed by atoms with Gasteiger partial charge in [-0.15, -0.1) is 0 Å². The molecule has 0 N–H and O–H groups in total. The molecule has 0 aliphatic rings. The largest absolute Gasteiger partial charge is 0.432 e. The quantitative estimate of drug-likeness (QED) is 0.754. The van der Waals surface area contributed by atoms with Crippen molar-refractivity contribution in [2.45, 2.75) is 13.8 Å². The normalized spacial score (nSPS) is 11.2. The zero-order chi connectivity index (χ0) is 10.6. The van der Waals surface area contributed by atoms with E-state index in [1.165, 1.54) is 6.26 Å². The van der Waals surface area contributed by atoms with Crippen LogP contribution in [0.4, 0.5) is 0 Å². The Kier molecular flexibility index (Phi) is 4.10. The van der Waals surface area contributed by atoms with E-state index in [9.17, 15) is 0 Å². The van der Waals surface area contributed by atoms with Gasteiger partial charge in [0.2, 0.25) is 10.6 Å². The first kappa shape index (κ1) is 11.2. The fraction of sp³-hybridized carbons (Fsp3) is 0.375. The highest BCUT2D eigenvalue weighted by Crippen LogP contribution is 2.11. The summed E-state index contributed by atoms with van der Waals surface area (Å²) in [6.45, 7) is 4.04. The topological polar surface area (TPSA) is 47.9 Å². The molecule has 0 saturated carbocycles. The maximum Gasteiger partial charge on any atom is 0.327 e. The van der Waals surface area contributed by atoms with Crippen LogP contribution in [-0.2, 0) is 0 Å². The van der Waals surface area contributed by atoms with Crippen LogP contribution in [0, 0.1) is 5.92 Å². The second-order valence-electron chi connectivity index (χ2n) is 2.85. The van der Waals surface area contributed by atoms with E-state index in [-0.39, 0.29) is 16.6 Å². The first-order chi connectivity index (χ1) is 6.58. The molecule has 0 amide bonds. The molecule has 0 aliphatic heterocycles. The molecule has 4 nitrogen and oxygen atoms in total. The van der Waals surface area contributed by atoms with Gasteiger partial charge in [0.15, 0.2) is 0 Å². The van der Waals surface area contributed by atoms with Gasteiger partial charge in [-0.1, -0.05) is 13.8 Å². The van der Waals surface area contributed by atoms with Gasteiger partial charge in [-0.3, -0.25) is 0 Å². The van der Waals surface area contributed by atoms with E-state index < -0.39 is 0 Å².